The lowest BCUT2D eigenvalue weighted by atomic mass is 10.1. The van der Waals surface area contributed by atoms with Crippen molar-refractivity contribution in [3.8, 4) is 5.75 Å². The minimum Gasteiger partial charge on any atom is -0.490 e. The number of para-hydroxylation sites is 1. The van der Waals surface area contributed by atoms with Gasteiger partial charge in [-0.05, 0) is 38.3 Å². The molecular formula is C23H35IN6O2. The molecule has 1 aromatic carbocycles. The van der Waals surface area contributed by atoms with Crippen LogP contribution in [-0.2, 0) is 19.5 Å². The molecule has 2 aromatic rings. The van der Waals surface area contributed by atoms with E-state index in [2.05, 4.69) is 22.2 Å². The van der Waals surface area contributed by atoms with Crippen LogP contribution in [0.3, 0.4) is 0 Å². The van der Waals surface area contributed by atoms with Crippen LogP contribution in [0.25, 0.3) is 0 Å². The number of aliphatic imine (C=N–C) groups is 1. The van der Waals surface area contributed by atoms with Crippen LogP contribution in [0.1, 0.15) is 44.9 Å². The molecule has 8 nitrogen and oxygen atoms in total. The van der Waals surface area contributed by atoms with E-state index in [-0.39, 0.29) is 35.8 Å². The van der Waals surface area contributed by atoms with Crippen LogP contribution in [0.5, 0.6) is 5.75 Å². The van der Waals surface area contributed by atoms with Crippen molar-refractivity contribution in [2.75, 3.05) is 26.2 Å². The number of fused-ring (bicyclic) bond motifs is 1. The Bertz CT molecular complexity index is 918. The number of likely N-dealkylation sites (tertiary alicyclic amines) is 1. The standard InChI is InChI=1S/C23H34N6O2.HI/c1-2-24-22(27-17-12-20(13-18-27)31-19-9-4-3-5-10-19)25-14-8-16-29-23(30)28-15-7-6-11-21(28)26-29;/h3-5,9-10,20H,2,6-8,11-18H2,1H3,(H,24,25);1H. The number of ether oxygens (including phenoxy) is 1. The number of benzene rings is 1. The maximum Gasteiger partial charge on any atom is 0.345 e. The van der Waals surface area contributed by atoms with Crippen LogP contribution in [0.2, 0.25) is 0 Å². The van der Waals surface area contributed by atoms with Crippen LogP contribution >= 0.6 is 24.0 Å². The second kappa shape index (κ2) is 12.3. The van der Waals surface area contributed by atoms with E-state index in [1.54, 1.807) is 4.68 Å². The van der Waals surface area contributed by atoms with Crippen molar-refractivity contribution < 1.29 is 4.74 Å². The molecule has 0 aliphatic carbocycles. The Morgan fingerprint density at radius 3 is 2.69 bits per heavy atom. The van der Waals surface area contributed by atoms with Gasteiger partial charge < -0.3 is 15.0 Å². The van der Waals surface area contributed by atoms with Crippen molar-refractivity contribution in [3.63, 3.8) is 0 Å². The Morgan fingerprint density at radius 1 is 1.19 bits per heavy atom. The van der Waals surface area contributed by atoms with Gasteiger partial charge in [0.2, 0.25) is 0 Å². The number of halogens is 1. The van der Waals surface area contributed by atoms with Crippen LogP contribution < -0.4 is 15.7 Å². The van der Waals surface area contributed by atoms with E-state index in [0.29, 0.717) is 13.1 Å². The van der Waals surface area contributed by atoms with Crippen LogP contribution in [-0.4, -0.2) is 57.5 Å². The lowest BCUT2D eigenvalue weighted by molar-refractivity contribution is 0.129. The highest BCUT2D eigenvalue weighted by atomic mass is 127. The molecule has 1 saturated heterocycles. The molecule has 32 heavy (non-hydrogen) atoms. The number of nitrogens with one attached hydrogen (secondary N) is 1. The molecule has 1 N–H and O–H groups in total. The van der Waals surface area contributed by atoms with E-state index in [9.17, 15) is 4.79 Å². The van der Waals surface area contributed by atoms with E-state index >= 15 is 0 Å². The van der Waals surface area contributed by atoms with E-state index in [1.165, 1.54) is 0 Å². The van der Waals surface area contributed by atoms with Crippen LogP contribution in [0.4, 0.5) is 0 Å². The number of hydrogen-bond acceptors (Lipinski definition) is 4. The second-order valence-electron chi connectivity index (χ2n) is 8.24. The van der Waals surface area contributed by atoms with Gasteiger partial charge in [-0.25, -0.2) is 9.48 Å². The Kier molecular flexibility index (Phi) is 9.43. The lowest BCUT2D eigenvalue weighted by Crippen LogP contribution is -2.47. The van der Waals surface area contributed by atoms with E-state index in [0.717, 1.165) is 82.2 Å². The molecule has 1 fully saturated rings. The summed E-state index contributed by atoms with van der Waals surface area (Å²) >= 11 is 0. The molecule has 2 aliphatic rings. The lowest BCUT2D eigenvalue weighted by Gasteiger charge is -2.34. The maximum absolute atomic E-state index is 12.4. The summed E-state index contributed by atoms with van der Waals surface area (Å²) in [5, 5.41) is 7.93. The summed E-state index contributed by atoms with van der Waals surface area (Å²) in [7, 11) is 0. The van der Waals surface area contributed by atoms with Crippen molar-refractivity contribution in [2.45, 2.75) is 64.6 Å². The van der Waals surface area contributed by atoms with Gasteiger partial charge in [-0.3, -0.25) is 9.56 Å². The molecule has 2 aliphatic heterocycles. The fraction of sp³-hybridized carbons (Fsp3) is 0.609. The monoisotopic (exact) mass is 554 g/mol. The highest BCUT2D eigenvalue weighted by Crippen LogP contribution is 2.18. The fourth-order valence-corrected chi connectivity index (χ4v) is 4.30. The van der Waals surface area contributed by atoms with Gasteiger partial charge in [0.1, 0.15) is 17.7 Å². The average molecular weight is 554 g/mol. The van der Waals surface area contributed by atoms with Crippen molar-refractivity contribution in [1.82, 2.24) is 24.6 Å². The highest BCUT2D eigenvalue weighted by Gasteiger charge is 2.22. The van der Waals surface area contributed by atoms with Crippen LogP contribution in [0.15, 0.2) is 40.1 Å². The molecule has 1 aromatic heterocycles. The first-order chi connectivity index (χ1) is 15.2. The van der Waals surface area contributed by atoms with Crippen molar-refractivity contribution in [1.29, 1.82) is 0 Å². The third-order valence-corrected chi connectivity index (χ3v) is 5.94. The number of rotatable bonds is 7. The molecule has 0 spiro atoms. The summed E-state index contributed by atoms with van der Waals surface area (Å²) in [6.45, 7) is 6.89. The normalized spacial score (nSPS) is 16.9. The first-order valence-electron chi connectivity index (χ1n) is 11.7. The van der Waals surface area contributed by atoms with E-state index in [1.807, 2.05) is 34.9 Å². The molecule has 9 heteroatoms. The van der Waals surface area contributed by atoms with Crippen molar-refractivity contribution >= 4 is 29.9 Å². The van der Waals surface area contributed by atoms with Crippen molar-refractivity contribution in [2.24, 2.45) is 4.99 Å². The number of aromatic nitrogens is 3. The number of aryl methyl sites for hydroxylation is 2. The van der Waals surface area contributed by atoms with Gasteiger partial charge >= 0.3 is 5.69 Å². The molecule has 4 rings (SSSR count). The fourth-order valence-electron chi connectivity index (χ4n) is 4.30. The van der Waals surface area contributed by atoms with Gasteiger partial charge in [0.15, 0.2) is 5.96 Å². The van der Waals surface area contributed by atoms with Crippen molar-refractivity contribution in [3.05, 3.63) is 46.6 Å². The van der Waals surface area contributed by atoms with Gasteiger partial charge in [0.25, 0.3) is 0 Å². The maximum atomic E-state index is 12.4. The number of nitrogens with zero attached hydrogens (tertiary/aromatic N) is 5. The van der Waals surface area contributed by atoms with Gasteiger partial charge in [0, 0.05) is 58.5 Å². The Morgan fingerprint density at radius 2 is 1.97 bits per heavy atom. The molecule has 176 valence electrons. The summed E-state index contributed by atoms with van der Waals surface area (Å²) in [5.41, 5.74) is 0.0334. The summed E-state index contributed by atoms with van der Waals surface area (Å²) < 4.78 is 9.56. The number of hydrogen-bond donors (Lipinski definition) is 1. The number of guanidine groups is 1. The molecule has 0 bridgehead atoms. The van der Waals surface area contributed by atoms with Gasteiger partial charge in [-0.2, -0.15) is 5.10 Å². The van der Waals surface area contributed by atoms with E-state index in [4.69, 9.17) is 9.73 Å². The molecule has 0 atom stereocenters. The summed E-state index contributed by atoms with van der Waals surface area (Å²) in [5.74, 6) is 2.84. The highest BCUT2D eigenvalue weighted by molar-refractivity contribution is 14.0. The smallest absolute Gasteiger partial charge is 0.345 e. The van der Waals surface area contributed by atoms with Crippen LogP contribution in [0, 0.1) is 0 Å². The molecule has 0 unspecified atom stereocenters. The molecule has 3 heterocycles. The first kappa shape index (κ1) is 24.6. The summed E-state index contributed by atoms with van der Waals surface area (Å²) in [6.07, 6.45) is 6.12. The Labute approximate surface area is 207 Å². The third kappa shape index (κ3) is 6.26. The van der Waals surface area contributed by atoms with Gasteiger partial charge in [-0.1, -0.05) is 18.2 Å². The zero-order valence-electron chi connectivity index (χ0n) is 18.9. The van der Waals surface area contributed by atoms with Gasteiger partial charge in [0.05, 0.1) is 0 Å². The zero-order chi connectivity index (χ0) is 21.5. The summed E-state index contributed by atoms with van der Waals surface area (Å²) in [4.78, 5) is 19.6. The van der Waals surface area contributed by atoms with Gasteiger partial charge in [-0.15, -0.1) is 24.0 Å². The SMILES string of the molecule is CCNC(=NCCCn1nc2n(c1=O)CCCC2)N1CCC(Oc2ccccc2)CC1.I. The molecule has 0 amide bonds. The van der Waals surface area contributed by atoms with E-state index < -0.39 is 0 Å². The average Bonchev–Trinajstić information content (AvgIpc) is 3.13. The third-order valence-electron chi connectivity index (χ3n) is 5.94. The molecule has 0 radical (unpaired) electrons. The quantitative estimate of drug-likeness (QED) is 0.247. The number of piperidine rings is 1. The molecular weight excluding hydrogens is 519 g/mol. The predicted molar refractivity (Wildman–Crippen MR) is 137 cm³/mol. The first-order valence-corrected chi connectivity index (χ1v) is 11.7. The molecule has 0 saturated carbocycles. The second-order valence-corrected chi connectivity index (χ2v) is 8.24. The Balaban J connectivity index is 0.00000289. The largest absolute Gasteiger partial charge is 0.490 e. The zero-order valence-corrected chi connectivity index (χ0v) is 21.2. The predicted octanol–water partition coefficient (Wildman–Crippen LogP) is 2.90. The summed E-state index contributed by atoms with van der Waals surface area (Å²) in [6, 6.07) is 10.0. The minimum absolute atomic E-state index is 0. The Hall–Kier alpha value is -2.04. The topological polar surface area (TPSA) is 76.7 Å². The minimum atomic E-state index is 0.